The number of nitrogens with zero attached hydrogens (tertiary/aromatic N) is 2. The number of hydrogen-bond donors (Lipinski definition) is 2. The van der Waals surface area contributed by atoms with Crippen molar-refractivity contribution in [2.75, 3.05) is 30.4 Å². The van der Waals surface area contributed by atoms with E-state index < -0.39 is 11.2 Å². The number of anilines is 2. The van der Waals surface area contributed by atoms with Gasteiger partial charge in [-0.3, -0.25) is 19.1 Å². The second-order valence-electron chi connectivity index (χ2n) is 8.78. The maximum absolute atomic E-state index is 13.4. The molecule has 9 heteroatoms. The van der Waals surface area contributed by atoms with Gasteiger partial charge >= 0.3 is 5.69 Å². The van der Waals surface area contributed by atoms with Crippen LogP contribution in [0.4, 0.5) is 11.5 Å². The number of aromatic amines is 1. The van der Waals surface area contributed by atoms with Gasteiger partial charge in [-0.15, -0.1) is 0 Å². The lowest BCUT2D eigenvalue weighted by atomic mass is 10.1. The lowest BCUT2D eigenvalue weighted by molar-refractivity contribution is 0.0679. The first-order valence-corrected chi connectivity index (χ1v) is 11.6. The molecule has 0 spiro atoms. The summed E-state index contributed by atoms with van der Waals surface area (Å²) < 4.78 is 12.7. The number of rotatable bonds is 10. The van der Waals surface area contributed by atoms with Gasteiger partial charge in [-0.2, -0.15) is 0 Å². The van der Waals surface area contributed by atoms with Crippen molar-refractivity contribution >= 4 is 17.4 Å². The third-order valence-electron chi connectivity index (χ3n) is 5.57. The number of nitrogen functional groups attached to an aromatic ring is 1. The molecule has 0 saturated carbocycles. The van der Waals surface area contributed by atoms with E-state index in [1.165, 1.54) is 9.47 Å². The molecule has 1 fully saturated rings. The fraction of sp³-hybridized carbons (Fsp3) is 0.542. The minimum absolute atomic E-state index is 0.00252. The zero-order valence-electron chi connectivity index (χ0n) is 19.6. The molecule has 0 aliphatic carbocycles. The van der Waals surface area contributed by atoms with Crippen molar-refractivity contribution in [3.63, 3.8) is 0 Å². The van der Waals surface area contributed by atoms with Crippen LogP contribution >= 0.6 is 0 Å². The van der Waals surface area contributed by atoms with Crippen LogP contribution in [0.15, 0.2) is 33.9 Å². The Kier molecular flexibility index (Phi) is 8.32. The molecule has 2 aromatic rings. The summed E-state index contributed by atoms with van der Waals surface area (Å²) in [5, 5.41) is 0. The maximum atomic E-state index is 13.4. The number of hydrogen-bond acceptors (Lipinski definition) is 6. The summed E-state index contributed by atoms with van der Waals surface area (Å²) in [6, 6.07) is 6.78. The SMILES string of the molecule is CCCCn1c(N)c(N(CC(C)C)C(=O)c2ccc(OC[C@@H]3CCCO3)cc2)c(=O)[nH]c1=O. The fourth-order valence-corrected chi connectivity index (χ4v) is 3.83. The zero-order valence-corrected chi connectivity index (χ0v) is 19.6. The van der Waals surface area contributed by atoms with Gasteiger partial charge in [0.15, 0.2) is 5.69 Å². The van der Waals surface area contributed by atoms with Gasteiger partial charge in [-0.05, 0) is 49.4 Å². The number of benzene rings is 1. The van der Waals surface area contributed by atoms with E-state index in [1.54, 1.807) is 24.3 Å². The van der Waals surface area contributed by atoms with Crippen LogP contribution in [0.2, 0.25) is 0 Å². The number of aromatic nitrogens is 2. The van der Waals surface area contributed by atoms with E-state index in [4.69, 9.17) is 15.2 Å². The summed E-state index contributed by atoms with van der Waals surface area (Å²) in [6.45, 7) is 7.76. The highest BCUT2D eigenvalue weighted by Crippen LogP contribution is 2.23. The van der Waals surface area contributed by atoms with Crippen molar-refractivity contribution in [1.29, 1.82) is 0 Å². The molecule has 0 radical (unpaired) electrons. The monoisotopic (exact) mass is 458 g/mol. The molecule has 1 atom stereocenters. The van der Waals surface area contributed by atoms with E-state index in [9.17, 15) is 14.4 Å². The summed E-state index contributed by atoms with van der Waals surface area (Å²) in [4.78, 5) is 42.2. The molecule has 3 N–H and O–H groups in total. The Morgan fingerprint density at radius 1 is 1.30 bits per heavy atom. The second kappa shape index (κ2) is 11.2. The third-order valence-corrected chi connectivity index (χ3v) is 5.57. The molecular weight excluding hydrogens is 424 g/mol. The number of nitrogens with two attached hydrogens (primary N) is 1. The predicted molar refractivity (Wildman–Crippen MR) is 128 cm³/mol. The van der Waals surface area contributed by atoms with Gasteiger partial charge in [-0.25, -0.2) is 4.79 Å². The van der Waals surface area contributed by atoms with Gasteiger partial charge in [0.25, 0.3) is 11.5 Å². The molecule has 9 nitrogen and oxygen atoms in total. The Hall–Kier alpha value is -3.07. The first-order chi connectivity index (χ1) is 15.8. The first kappa shape index (κ1) is 24.6. The van der Waals surface area contributed by atoms with Gasteiger partial charge in [0.1, 0.15) is 18.2 Å². The largest absolute Gasteiger partial charge is 0.491 e. The summed E-state index contributed by atoms with van der Waals surface area (Å²) in [6.07, 6.45) is 3.71. The maximum Gasteiger partial charge on any atom is 0.330 e. The average Bonchev–Trinajstić information content (AvgIpc) is 3.30. The molecule has 2 heterocycles. The zero-order chi connectivity index (χ0) is 24.0. The standard InChI is InChI=1S/C24H34N4O5/c1-4-5-12-27-21(25)20(22(29)26-24(27)31)28(14-16(2)3)23(30)17-8-10-18(11-9-17)33-15-19-7-6-13-32-19/h8-11,16,19H,4-7,12-15,25H2,1-3H3,(H,26,29,31)/t19-/m0/s1. The highest BCUT2D eigenvalue weighted by atomic mass is 16.5. The molecule has 1 amide bonds. The molecule has 0 unspecified atom stereocenters. The Bertz CT molecular complexity index is 1050. The summed E-state index contributed by atoms with van der Waals surface area (Å²) >= 11 is 0. The molecule has 180 valence electrons. The molecule has 1 aromatic heterocycles. The molecule has 1 saturated heterocycles. The summed E-state index contributed by atoms with van der Waals surface area (Å²) in [5.74, 6) is 0.343. The molecule has 33 heavy (non-hydrogen) atoms. The van der Waals surface area contributed by atoms with Gasteiger partial charge in [-0.1, -0.05) is 27.2 Å². The Morgan fingerprint density at radius 3 is 2.64 bits per heavy atom. The van der Waals surface area contributed by atoms with Crippen LogP contribution in [0.3, 0.4) is 0 Å². The smallest absolute Gasteiger partial charge is 0.330 e. The molecule has 1 aliphatic heterocycles. The van der Waals surface area contributed by atoms with Crippen molar-refractivity contribution < 1.29 is 14.3 Å². The number of carbonyl (C=O) groups is 1. The van der Waals surface area contributed by atoms with Gasteiger partial charge in [0.2, 0.25) is 0 Å². The average molecular weight is 459 g/mol. The normalized spacial score (nSPS) is 15.7. The van der Waals surface area contributed by atoms with E-state index in [0.29, 0.717) is 24.5 Å². The fourth-order valence-electron chi connectivity index (χ4n) is 3.83. The molecule has 1 aliphatic rings. The van der Waals surface area contributed by atoms with E-state index in [-0.39, 0.29) is 36.0 Å². The van der Waals surface area contributed by atoms with Crippen LogP contribution in [0.1, 0.15) is 56.8 Å². The number of unbranched alkanes of at least 4 members (excludes halogenated alkanes) is 1. The quantitative estimate of drug-likeness (QED) is 0.565. The van der Waals surface area contributed by atoms with Crippen LogP contribution in [0.25, 0.3) is 0 Å². The van der Waals surface area contributed by atoms with Crippen molar-refractivity contribution in [3.05, 3.63) is 50.7 Å². The van der Waals surface area contributed by atoms with E-state index >= 15 is 0 Å². The van der Waals surface area contributed by atoms with E-state index in [0.717, 1.165) is 32.3 Å². The first-order valence-electron chi connectivity index (χ1n) is 11.6. The van der Waals surface area contributed by atoms with Crippen molar-refractivity contribution in [1.82, 2.24) is 9.55 Å². The highest BCUT2D eigenvalue weighted by Gasteiger charge is 2.26. The van der Waals surface area contributed by atoms with Crippen LogP contribution < -0.4 is 26.6 Å². The van der Waals surface area contributed by atoms with Crippen LogP contribution in [-0.4, -0.2) is 41.3 Å². The second-order valence-corrected chi connectivity index (χ2v) is 8.78. The van der Waals surface area contributed by atoms with Crippen LogP contribution in [0, 0.1) is 5.92 Å². The number of carbonyl (C=O) groups excluding carboxylic acids is 1. The minimum atomic E-state index is -0.671. The Balaban J connectivity index is 1.87. The number of ether oxygens (including phenoxy) is 2. The van der Waals surface area contributed by atoms with Gasteiger partial charge < -0.3 is 20.1 Å². The van der Waals surface area contributed by atoms with Crippen molar-refractivity contribution in [2.45, 2.75) is 59.1 Å². The number of H-pyrrole nitrogens is 1. The molecule has 0 bridgehead atoms. The third kappa shape index (κ3) is 6.04. The lowest BCUT2D eigenvalue weighted by Crippen LogP contribution is -2.42. The van der Waals surface area contributed by atoms with Gasteiger partial charge in [0, 0.05) is 25.3 Å². The summed E-state index contributed by atoms with van der Waals surface area (Å²) in [7, 11) is 0. The Labute approximate surface area is 193 Å². The number of amides is 1. The number of nitrogens with one attached hydrogen (secondary N) is 1. The van der Waals surface area contributed by atoms with Crippen LogP contribution in [0.5, 0.6) is 5.75 Å². The molecule has 1 aromatic carbocycles. The molecule has 3 rings (SSSR count). The van der Waals surface area contributed by atoms with Crippen molar-refractivity contribution in [3.8, 4) is 5.75 Å². The van der Waals surface area contributed by atoms with E-state index in [2.05, 4.69) is 4.98 Å². The van der Waals surface area contributed by atoms with Gasteiger partial charge in [0.05, 0.1) is 6.10 Å². The van der Waals surface area contributed by atoms with E-state index in [1.807, 2.05) is 20.8 Å². The molecular formula is C24H34N4O5. The van der Waals surface area contributed by atoms with Crippen LogP contribution in [-0.2, 0) is 11.3 Å². The lowest BCUT2D eigenvalue weighted by Gasteiger charge is -2.26. The Morgan fingerprint density at radius 2 is 2.03 bits per heavy atom. The predicted octanol–water partition coefficient (Wildman–Crippen LogP) is 2.78. The minimum Gasteiger partial charge on any atom is -0.491 e. The topological polar surface area (TPSA) is 120 Å². The summed E-state index contributed by atoms with van der Waals surface area (Å²) in [5.41, 5.74) is 5.41. The highest BCUT2D eigenvalue weighted by molar-refractivity contribution is 6.07. The van der Waals surface area contributed by atoms with Crippen molar-refractivity contribution in [2.24, 2.45) is 5.92 Å².